The number of carbonyl (C=O) groups excluding carboxylic acids is 2. The standard InChI is InChI=1S/C27H47N2O9P.C19H32NO7P.C15H21NO5/c1-5-6-7-8-9-10-11-16-33-17-13-18-34-39(31,32-4)35-20-22-23-24(38-27(2,3)37-23)26(36-22)29-15-12-14-21(19-29)25(28)30;1-3-4-5-6-7-8-9-15-25-16-10-17-26-28(23,24-2)27-19-13-11-18(12-14-19)20(21)22;1-15(2)20-12-10(7-17)19-11(13(12)21-15)8-4-3-5-9(6-8)14(16)18/h12,15,19,22-24,26H,5-11,13-14,16-18,20H2,1-4H3,(H2,28,30);11-14H,3-10,15-17H2,1-2H3;3-4,6,8,10-13,17H,5,7H2,1-2H3,(H2,16,18). The van der Waals surface area contributed by atoms with Crippen LogP contribution in [0.3, 0.4) is 0 Å². The van der Waals surface area contributed by atoms with E-state index in [1.54, 1.807) is 11.1 Å². The van der Waals surface area contributed by atoms with Gasteiger partial charge in [-0.25, -0.2) is 9.13 Å². The average molecular weight is 1290 g/mol. The van der Waals surface area contributed by atoms with Crippen LogP contribution in [0.25, 0.3) is 0 Å². The molecule has 4 fully saturated rings. The van der Waals surface area contributed by atoms with Crippen molar-refractivity contribution in [2.24, 2.45) is 17.4 Å². The Hall–Kier alpha value is -3.98. The van der Waals surface area contributed by atoms with Crippen LogP contribution in [0.1, 0.15) is 157 Å². The van der Waals surface area contributed by atoms with Gasteiger partial charge in [0.2, 0.25) is 11.8 Å². The number of fused-ring (bicyclic) bond motifs is 2. The fraction of sp³-hybridized carbons (Fsp3) is 0.738. The molecule has 1 aromatic carbocycles. The summed E-state index contributed by atoms with van der Waals surface area (Å²) in [5.41, 5.74) is 11.8. The molecule has 88 heavy (non-hydrogen) atoms. The molecule has 2 amide bonds. The van der Waals surface area contributed by atoms with Crippen LogP contribution in [0.4, 0.5) is 5.69 Å². The van der Waals surface area contributed by atoms with Crippen molar-refractivity contribution in [3.8, 4) is 5.75 Å². The van der Waals surface area contributed by atoms with Crippen LogP contribution in [0, 0.1) is 16.0 Å². The van der Waals surface area contributed by atoms with Gasteiger partial charge in [0, 0.05) is 82.2 Å². The molecule has 27 heteroatoms. The van der Waals surface area contributed by atoms with Gasteiger partial charge in [-0.05, 0) is 78.4 Å². The van der Waals surface area contributed by atoms with E-state index in [0.717, 1.165) is 26.1 Å². The summed E-state index contributed by atoms with van der Waals surface area (Å²) < 4.78 is 104. The average Bonchev–Trinajstić information content (AvgIpc) is 4.41. The van der Waals surface area contributed by atoms with E-state index in [-0.39, 0.29) is 62.1 Å². The molecule has 0 spiro atoms. The summed E-state index contributed by atoms with van der Waals surface area (Å²) in [5.74, 6) is -2.39. The Bertz CT molecular complexity index is 2500. The monoisotopic (exact) mass is 1290 g/mol. The first kappa shape index (κ1) is 74.7. The van der Waals surface area contributed by atoms with E-state index in [1.807, 2.05) is 58.2 Å². The van der Waals surface area contributed by atoms with Gasteiger partial charge in [0.1, 0.15) is 42.4 Å². The number of aliphatic hydroxyl groups excluding tert-OH is 1. The molecule has 1 aromatic rings. The van der Waals surface area contributed by atoms with Crippen molar-refractivity contribution in [1.82, 2.24) is 4.90 Å². The van der Waals surface area contributed by atoms with Crippen LogP contribution in [0.15, 0.2) is 72.1 Å². The maximum atomic E-state index is 13.0. The van der Waals surface area contributed by atoms with Crippen LogP contribution in [-0.4, -0.2) is 154 Å². The highest BCUT2D eigenvalue weighted by atomic mass is 31.2. The number of nitro groups is 1. The van der Waals surface area contributed by atoms with Crippen LogP contribution < -0.4 is 16.0 Å². The van der Waals surface area contributed by atoms with E-state index in [4.69, 9.17) is 76.5 Å². The highest BCUT2D eigenvalue weighted by molar-refractivity contribution is 7.49. The molecule has 6 aliphatic rings. The zero-order chi connectivity index (χ0) is 64.2. The number of nitrogens with zero attached hydrogens (tertiary/aromatic N) is 2. The van der Waals surface area contributed by atoms with E-state index in [9.17, 15) is 33.9 Å². The number of carbonyl (C=O) groups is 2. The number of unbranched alkanes of at least 4 members (excludes halogenated alkanes) is 12. The summed E-state index contributed by atoms with van der Waals surface area (Å²) in [6.07, 6.45) is 27.0. The van der Waals surface area contributed by atoms with E-state index in [0.29, 0.717) is 50.0 Å². The van der Waals surface area contributed by atoms with E-state index in [1.165, 1.54) is 116 Å². The maximum absolute atomic E-state index is 13.0. The number of non-ortho nitro benzene ring substituents is 1. The lowest BCUT2D eigenvalue weighted by atomic mass is 9.89. The number of allylic oxidation sites excluding steroid dienone is 2. The number of ether oxygens (including phenoxy) is 8. The van der Waals surface area contributed by atoms with E-state index in [2.05, 4.69) is 13.8 Å². The number of aliphatic hydroxyl groups is 1. The van der Waals surface area contributed by atoms with Crippen molar-refractivity contribution < 1.29 is 93.8 Å². The maximum Gasteiger partial charge on any atom is 0.529 e. The van der Waals surface area contributed by atoms with Gasteiger partial charge in [-0.3, -0.25) is 42.3 Å². The minimum absolute atomic E-state index is 0.0846. The summed E-state index contributed by atoms with van der Waals surface area (Å²) in [4.78, 5) is 34.9. The first-order valence-electron chi connectivity index (χ1n) is 31.2. The number of hydrogen-bond donors (Lipinski definition) is 3. The Kier molecular flexibility index (Phi) is 32.4. The smallest absolute Gasteiger partial charge is 0.404 e. The highest BCUT2D eigenvalue weighted by Gasteiger charge is 2.58. The Balaban J connectivity index is 0.000000252. The Morgan fingerprint density at radius 3 is 1.67 bits per heavy atom. The van der Waals surface area contributed by atoms with Crippen molar-refractivity contribution in [2.45, 2.75) is 218 Å². The van der Waals surface area contributed by atoms with E-state index < -0.39 is 74.6 Å². The van der Waals surface area contributed by atoms with Crippen molar-refractivity contribution in [3.05, 3.63) is 82.2 Å². The number of amides is 2. The first-order chi connectivity index (χ1) is 42.1. The zero-order valence-corrected chi connectivity index (χ0v) is 54.7. The number of phosphoric ester groups is 2. The second-order valence-electron chi connectivity index (χ2n) is 23.1. The van der Waals surface area contributed by atoms with E-state index >= 15 is 0 Å². The number of benzene rings is 1. The third-order valence-corrected chi connectivity index (χ3v) is 17.9. The third-order valence-electron chi connectivity index (χ3n) is 15.1. The molecule has 0 aromatic heterocycles. The molecule has 0 radical (unpaired) electrons. The number of rotatable bonds is 39. The fourth-order valence-corrected chi connectivity index (χ4v) is 12.5. The SMILES string of the molecule is CC1(C)OC2C(CO)OC(C3C=CCC(C(N)=O)=C3)C2O1.CCCCCCCCCOCCCOP(=O)(OC)OCC1OC(N2C=CCC(C(N)=O)=C2)C2OC(C)(C)OC12.CCCCCCCCCOCCCOP(=O)(OC)Oc1ccc([N+](=O)[O-])cc1. The van der Waals surface area contributed by atoms with Crippen LogP contribution in [-0.2, 0) is 79.2 Å². The molecule has 7 rings (SSSR count). The Labute approximate surface area is 520 Å². The minimum Gasteiger partial charge on any atom is -0.404 e. The first-order valence-corrected chi connectivity index (χ1v) is 34.1. The molecule has 500 valence electrons. The normalized spacial score (nSPS) is 26.1. The number of nitro benzene ring substituents is 1. The summed E-state index contributed by atoms with van der Waals surface area (Å²) >= 11 is 0. The Morgan fingerprint density at radius 2 is 1.14 bits per heavy atom. The molecule has 11 unspecified atom stereocenters. The number of primary amides is 2. The molecular formula is C61H100N4O21P2. The molecule has 0 saturated carbocycles. The molecule has 5 heterocycles. The largest absolute Gasteiger partial charge is 0.529 e. The zero-order valence-electron chi connectivity index (χ0n) is 52.9. The van der Waals surface area contributed by atoms with Gasteiger partial charge >= 0.3 is 15.6 Å². The van der Waals surface area contributed by atoms with Gasteiger partial charge in [-0.1, -0.05) is 115 Å². The topological polar surface area (TPSA) is 316 Å². The molecule has 11 atom stereocenters. The second kappa shape index (κ2) is 38.1. The van der Waals surface area contributed by atoms with Crippen LogP contribution in [0.2, 0.25) is 0 Å². The van der Waals surface area contributed by atoms with Crippen molar-refractivity contribution in [1.29, 1.82) is 0 Å². The molecule has 5 N–H and O–H groups in total. The molecule has 1 aliphatic carbocycles. The van der Waals surface area contributed by atoms with Gasteiger partial charge < -0.3 is 63.9 Å². The van der Waals surface area contributed by atoms with Crippen LogP contribution >= 0.6 is 15.6 Å². The molecular weight excluding hydrogens is 1190 g/mol. The molecule has 0 bridgehead atoms. The lowest BCUT2D eigenvalue weighted by Crippen LogP contribution is -2.40. The Morgan fingerprint density at radius 1 is 0.636 bits per heavy atom. The quantitative estimate of drug-likeness (QED) is 0.0181. The number of phosphoric acid groups is 2. The van der Waals surface area contributed by atoms with Gasteiger partial charge in [-0.15, -0.1) is 0 Å². The summed E-state index contributed by atoms with van der Waals surface area (Å²) in [6.45, 7) is 14.3. The summed E-state index contributed by atoms with van der Waals surface area (Å²) in [6, 6.07) is 5.21. The molecule has 5 aliphatic heterocycles. The van der Waals surface area contributed by atoms with Gasteiger partial charge in [0.05, 0.1) is 37.5 Å². The van der Waals surface area contributed by atoms with Gasteiger partial charge in [0.15, 0.2) is 17.8 Å². The van der Waals surface area contributed by atoms with Gasteiger partial charge in [0.25, 0.3) is 5.69 Å². The lowest BCUT2D eigenvalue weighted by Gasteiger charge is -2.31. The molecule has 4 saturated heterocycles. The number of nitrogens with two attached hydrogens (primary N) is 2. The number of hydrogen-bond acceptors (Lipinski definition) is 22. The highest BCUT2D eigenvalue weighted by Crippen LogP contribution is 2.51. The predicted octanol–water partition coefficient (Wildman–Crippen LogP) is 10.9. The summed E-state index contributed by atoms with van der Waals surface area (Å²) in [7, 11) is -5.07. The third kappa shape index (κ3) is 24.9. The minimum atomic E-state index is -3.81. The van der Waals surface area contributed by atoms with Crippen molar-refractivity contribution >= 4 is 33.1 Å². The van der Waals surface area contributed by atoms with Crippen molar-refractivity contribution in [2.75, 3.05) is 67.1 Å². The van der Waals surface area contributed by atoms with Crippen LogP contribution in [0.5, 0.6) is 5.75 Å². The summed E-state index contributed by atoms with van der Waals surface area (Å²) in [5, 5.41) is 20.1. The predicted molar refractivity (Wildman–Crippen MR) is 327 cm³/mol. The molecule has 25 nitrogen and oxygen atoms in total. The van der Waals surface area contributed by atoms with Gasteiger partial charge in [-0.2, -0.15) is 0 Å². The van der Waals surface area contributed by atoms with Crippen molar-refractivity contribution in [3.63, 3.8) is 0 Å². The lowest BCUT2D eigenvalue weighted by molar-refractivity contribution is -0.384. The fourth-order valence-electron chi connectivity index (χ4n) is 10.6. The second-order valence-corrected chi connectivity index (χ2v) is 26.6.